The third-order valence-electron chi connectivity index (χ3n) is 2.60. The first-order valence-corrected chi connectivity index (χ1v) is 7.34. The Morgan fingerprint density at radius 3 is 2.79 bits per heavy atom. The molecule has 19 heavy (non-hydrogen) atoms. The highest BCUT2D eigenvalue weighted by molar-refractivity contribution is 7.98. The van der Waals surface area contributed by atoms with Crippen LogP contribution < -0.4 is 5.32 Å². The fourth-order valence-electron chi connectivity index (χ4n) is 1.46. The molecule has 0 aliphatic heterocycles. The average Bonchev–Trinajstić information content (AvgIpc) is 2.38. The predicted octanol–water partition coefficient (Wildman–Crippen LogP) is 2.59. The molecule has 3 nitrogen and oxygen atoms in total. The topological polar surface area (TPSA) is 32.3 Å². The molecule has 0 saturated heterocycles. The van der Waals surface area contributed by atoms with E-state index in [9.17, 15) is 13.6 Å². The van der Waals surface area contributed by atoms with Gasteiger partial charge in [-0.05, 0) is 25.4 Å². The lowest BCUT2D eigenvalue weighted by molar-refractivity contribution is -0.116. The molecule has 0 heterocycles. The molecule has 0 aromatic heterocycles. The molecule has 0 aliphatic carbocycles. The number of amides is 1. The van der Waals surface area contributed by atoms with Crippen LogP contribution in [0.5, 0.6) is 0 Å². The highest BCUT2D eigenvalue weighted by Crippen LogP contribution is 2.15. The maximum Gasteiger partial charge on any atom is 0.225 e. The van der Waals surface area contributed by atoms with Gasteiger partial charge in [-0.1, -0.05) is 0 Å². The zero-order valence-corrected chi connectivity index (χ0v) is 11.9. The smallest absolute Gasteiger partial charge is 0.225 e. The zero-order chi connectivity index (χ0) is 14.3. The summed E-state index contributed by atoms with van der Waals surface area (Å²) in [6, 6.07) is 2.99. The number of nitrogens with one attached hydrogen (secondary N) is 1. The van der Waals surface area contributed by atoms with Crippen LogP contribution in [0, 0.1) is 11.6 Å². The van der Waals surface area contributed by atoms with Crippen LogP contribution in [-0.2, 0) is 4.79 Å². The third kappa shape index (κ3) is 6.02. The Kier molecular flexibility index (Phi) is 6.80. The summed E-state index contributed by atoms with van der Waals surface area (Å²) in [5.74, 6) is -0.531. The molecule has 1 amide bonds. The fourth-order valence-corrected chi connectivity index (χ4v) is 1.95. The Hall–Kier alpha value is -1.14. The van der Waals surface area contributed by atoms with Gasteiger partial charge in [-0.3, -0.25) is 4.79 Å². The van der Waals surface area contributed by atoms with E-state index in [1.54, 1.807) is 11.8 Å². The minimum Gasteiger partial charge on any atom is -0.323 e. The summed E-state index contributed by atoms with van der Waals surface area (Å²) < 4.78 is 26.2. The SMILES string of the molecule is CSCCN(C)CCC(=O)Nc1cc(F)ccc1F. The number of anilines is 1. The quantitative estimate of drug-likeness (QED) is 0.837. The van der Waals surface area contributed by atoms with Crippen molar-refractivity contribution < 1.29 is 13.6 Å². The number of hydrogen-bond donors (Lipinski definition) is 1. The molecule has 1 aromatic rings. The van der Waals surface area contributed by atoms with Crippen molar-refractivity contribution in [1.29, 1.82) is 0 Å². The summed E-state index contributed by atoms with van der Waals surface area (Å²) in [6.07, 6.45) is 2.27. The number of carbonyl (C=O) groups is 1. The molecule has 0 saturated carbocycles. The third-order valence-corrected chi connectivity index (χ3v) is 3.19. The number of benzene rings is 1. The molecule has 1 rings (SSSR count). The minimum atomic E-state index is -0.634. The summed E-state index contributed by atoms with van der Waals surface area (Å²) in [5, 5.41) is 2.38. The number of hydrogen-bond acceptors (Lipinski definition) is 3. The van der Waals surface area contributed by atoms with Crippen LogP contribution in [0.25, 0.3) is 0 Å². The standard InChI is InChI=1S/C13H18F2N2OS/c1-17(7-8-19-2)6-5-13(18)16-12-9-10(14)3-4-11(12)15/h3-4,9H,5-8H2,1-2H3,(H,16,18). The molecule has 0 spiro atoms. The van der Waals surface area contributed by atoms with E-state index in [1.807, 2.05) is 18.2 Å². The van der Waals surface area contributed by atoms with Crippen molar-refractivity contribution in [3.8, 4) is 0 Å². The van der Waals surface area contributed by atoms with E-state index in [0.717, 1.165) is 30.5 Å². The number of nitrogens with zero attached hydrogens (tertiary/aromatic N) is 1. The molecular formula is C13H18F2N2OS. The first-order chi connectivity index (χ1) is 9.02. The van der Waals surface area contributed by atoms with Crippen molar-refractivity contribution >= 4 is 23.4 Å². The Balaban J connectivity index is 2.40. The molecule has 0 fully saturated rings. The van der Waals surface area contributed by atoms with Gasteiger partial charge in [0.2, 0.25) is 5.91 Å². The van der Waals surface area contributed by atoms with Crippen molar-refractivity contribution in [1.82, 2.24) is 4.90 Å². The van der Waals surface area contributed by atoms with Crippen molar-refractivity contribution in [3.05, 3.63) is 29.8 Å². The first kappa shape index (κ1) is 15.9. The van der Waals surface area contributed by atoms with Crippen molar-refractivity contribution in [2.24, 2.45) is 0 Å². The first-order valence-electron chi connectivity index (χ1n) is 5.95. The Labute approximate surface area is 116 Å². The molecule has 0 bridgehead atoms. The molecule has 0 atom stereocenters. The van der Waals surface area contributed by atoms with Gasteiger partial charge < -0.3 is 10.2 Å². The second-order valence-corrected chi connectivity index (χ2v) is 5.20. The van der Waals surface area contributed by atoms with Crippen LogP contribution in [0.3, 0.4) is 0 Å². The highest BCUT2D eigenvalue weighted by atomic mass is 32.2. The van der Waals surface area contributed by atoms with Gasteiger partial charge in [0.25, 0.3) is 0 Å². The van der Waals surface area contributed by atoms with E-state index in [2.05, 4.69) is 5.32 Å². The molecule has 0 aliphatic rings. The van der Waals surface area contributed by atoms with E-state index in [-0.39, 0.29) is 18.0 Å². The average molecular weight is 288 g/mol. The molecule has 0 radical (unpaired) electrons. The van der Waals surface area contributed by atoms with Crippen molar-refractivity contribution in [2.75, 3.05) is 37.5 Å². The Morgan fingerprint density at radius 1 is 1.37 bits per heavy atom. The fraction of sp³-hybridized carbons (Fsp3) is 0.462. The van der Waals surface area contributed by atoms with Crippen LogP contribution in [-0.4, -0.2) is 43.0 Å². The van der Waals surface area contributed by atoms with Crippen LogP contribution in [0.1, 0.15) is 6.42 Å². The van der Waals surface area contributed by atoms with E-state index in [1.165, 1.54) is 0 Å². The monoisotopic (exact) mass is 288 g/mol. The maximum atomic E-state index is 13.3. The minimum absolute atomic E-state index is 0.114. The lowest BCUT2D eigenvalue weighted by Gasteiger charge is -2.15. The van der Waals surface area contributed by atoms with Gasteiger partial charge in [-0.15, -0.1) is 0 Å². The van der Waals surface area contributed by atoms with Crippen LogP contribution in [0.15, 0.2) is 18.2 Å². The van der Waals surface area contributed by atoms with Crippen molar-refractivity contribution in [3.63, 3.8) is 0 Å². The second kappa shape index (κ2) is 8.12. The summed E-state index contributed by atoms with van der Waals surface area (Å²) in [7, 11) is 1.92. The molecule has 106 valence electrons. The maximum absolute atomic E-state index is 13.3. The van der Waals surface area contributed by atoms with Crippen LogP contribution in [0.2, 0.25) is 0 Å². The van der Waals surface area contributed by atoms with Gasteiger partial charge in [0.15, 0.2) is 0 Å². The van der Waals surface area contributed by atoms with Gasteiger partial charge in [-0.2, -0.15) is 11.8 Å². The van der Waals surface area contributed by atoms with E-state index < -0.39 is 11.6 Å². The van der Waals surface area contributed by atoms with Gasteiger partial charge in [0.1, 0.15) is 11.6 Å². The van der Waals surface area contributed by atoms with Gasteiger partial charge >= 0.3 is 0 Å². The Bertz CT molecular complexity index is 429. The van der Waals surface area contributed by atoms with Crippen LogP contribution >= 0.6 is 11.8 Å². The molecular weight excluding hydrogens is 270 g/mol. The van der Waals surface area contributed by atoms with E-state index in [4.69, 9.17) is 0 Å². The van der Waals surface area contributed by atoms with Gasteiger partial charge in [-0.25, -0.2) is 8.78 Å². The summed E-state index contributed by atoms with van der Waals surface area (Å²) in [6.45, 7) is 1.48. The summed E-state index contributed by atoms with van der Waals surface area (Å²) >= 11 is 1.74. The Morgan fingerprint density at radius 2 is 2.11 bits per heavy atom. The molecule has 1 N–H and O–H groups in total. The van der Waals surface area contributed by atoms with Crippen LogP contribution in [0.4, 0.5) is 14.5 Å². The normalized spacial score (nSPS) is 10.8. The van der Waals surface area contributed by atoms with Gasteiger partial charge in [0.05, 0.1) is 5.69 Å². The zero-order valence-electron chi connectivity index (χ0n) is 11.1. The highest BCUT2D eigenvalue weighted by Gasteiger charge is 2.09. The van der Waals surface area contributed by atoms with Crippen molar-refractivity contribution in [2.45, 2.75) is 6.42 Å². The predicted molar refractivity (Wildman–Crippen MR) is 75.5 cm³/mol. The number of rotatable bonds is 7. The lowest BCUT2D eigenvalue weighted by Crippen LogP contribution is -2.26. The summed E-state index contributed by atoms with van der Waals surface area (Å²) in [4.78, 5) is 13.6. The van der Waals surface area contributed by atoms with E-state index >= 15 is 0 Å². The largest absolute Gasteiger partial charge is 0.323 e. The molecule has 0 unspecified atom stereocenters. The lowest BCUT2D eigenvalue weighted by atomic mass is 10.2. The molecule has 6 heteroatoms. The summed E-state index contributed by atoms with van der Waals surface area (Å²) in [5.41, 5.74) is -0.114. The number of thioether (sulfide) groups is 1. The second-order valence-electron chi connectivity index (χ2n) is 4.22. The number of carbonyl (C=O) groups excluding carboxylic acids is 1. The number of halogens is 2. The molecule has 1 aromatic carbocycles. The van der Waals surface area contributed by atoms with Gasteiger partial charge in [0, 0.05) is 31.3 Å². The van der Waals surface area contributed by atoms with E-state index in [0.29, 0.717) is 6.54 Å².